The highest BCUT2D eigenvalue weighted by molar-refractivity contribution is 6.14. The molecular formula is C30H34O2. The molecule has 0 heterocycles. The van der Waals surface area contributed by atoms with Crippen LogP contribution in [0.3, 0.4) is 0 Å². The van der Waals surface area contributed by atoms with Crippen molar-refractivity contribution >= 4 is 11.6 Å². The maximum Gasteiger partial charge on any atom is 0.186 e. The summed E-state index contributed by atoms with van der Waals surface area (Å²) >= 11 is 0. The van der Waals surface area contributed by atoms with Crippen molar-refractivity contribution in [2.45, 2.75) is 55.4 Å². The van der Waals surface area contributed by atoms with E-state index in [9.17, 15) is 9.59 Å². The first-order valence-corrected chi connectivity index (χ1v) is 11.8. The number of fused-ring (bicyclic) bond motifs is 2. The monoisotopic (exact) mass is 426 g/mol. The number of hydrogen-bond acceptors (Lipinski definition) is 2. The SMILES string of the molecule is CC1=CC(=O)C2=C(C)[C@@H]([C@H]3C=C(C(C)C)C=C4C(C)=CC(=O)C4=C3C)C=C(C(C)C)C=C12. The van der Waals surface area contributed by atoms with Gasteiger partial charge in [0.05, 0.1) is 0 Å². The van der Waals surface area contributed by atoms with Gasteiger partial charge < -0.3 is 0 Å². The molecule has 0 fully saturated rings. The molecule has 4 aliphatic rings. The number of ketones is 2. The molecule has 0 radical (unpaired) electrons. The molecule has 0 saturated heterocycles. The predicted octanol–water partition coefficient (Wildman–Crippen LogP) is 6.95. The molecule has 0 amide bonds. The molecule has 0 aromatic rings. The van der Waals surface area contributed by atoms with Gasteiger partial charge in [-0.25, -0.2) is 0 Å². The van der Waals surface area contributed by atoms with Crippen LogP contribution in [0.5, 0.6) is 0 Å². The molecule has 0 saturated carbocycles. The van der Waals surface area contributed by atoms with E-state index in [0.29, 0.717) is 11.8 Å². The van der Waals surface area contributed by atoms with Crippen molar-refractivity contribution < 1.29 is 9.59 Å². The average Bonchev–Trinajstić information content (AvgIpc) is 2.99. The first kappa shape index (κ1) is 22.5. The van der Waals surface area contributed by atoms with E-state index >= 15 is 0 Å². The molecule has 0 spiro atoms. The zero-order valence-corrected chi connectivity index (χ0v) is 20.6. The Hall–Kier alpha value is -2.74. The fraction of sp³-hybridized carbons (Fsp3) is 0.400. The Kier molecular flexibility index (Phi) is 5.61. The molecule has 2 heteroatoms. The zero-order valence-electron chi connectivity index (χ0n) is 20.6. The number of hydrogen-bond donors (Lipinski definition) is 0. The second-order valence-corrected chi connectivity index (χ2v) is 10.3. The van der Waals surface area contributed by atoms with Crippen molar-refractivity contribution in [1.29, 1.82) is 0 Å². The van der Waals surface area contributed by atoms with Gasteiger partial charge in [0.1, 0.15) is 0 Å². The van der Waals surface area contributed by atoms with Crippen molar-refractivity contribution in [3.05, 3.63) is 92.2 Å². The molecule has 4 aliphatic carbocycles. The van der Waals surface area contributed by atoms with Crippen LogP contribution in [-0.2, 0) is 9.59 Å². The summed E-state index contributed by atoms with van der Waals surface area (Å²) in [6.45, 7) is 17.1. The summed E-state index contributed by atoms with van der Waals surface area (Å²) in [5.41, 5.74) is 10.6. The molecule has 4 rings (SSSR count). The molecule has 0 aliphatic heterocycles. The van der Waals surface area contributed by atoms with Gasteiger partial charge in [0.25, 0.3) is 0 Å². The van der Waals surface area contributed by atoms with E-state index in [1.165, 1.54) is 11.1 Å². The second kappa shape index (κ2) is 7.99. The van der Waals surface area contributed by atoms with E-state index in [2.05, 4.69) is 65.8 Å². The highest BCUT2D eigenvalue weighted by atomic mass is 16.1. The van der Waals surface area contributed by atoms with Crippen LogP contribution in [0.4, 0.5) is 0 Å². The molecular weight excluding hydrogens is 392 g/mol. The summed E-state index contributed by atoms with van der Waals surface area (Å²) in [5, 5.41) is 0. The van der Waals surface area contributed by atoms with Crippen LogP contribution in [0.15, 0.2) is 92.2 Å². The highest BCUT2D eigenvalue weighted by Crippen LogP contribution is 2.46. The van der Waals surface area contributed by atoms with Crippen LogP contribution in [0, 0.1) is 23.7 Å². The van der Waals surface area contributed by atoms with Gasteiger partial charge in [-0.15, -0.1) is 0 Å². The van der Waals surface area contributed by atoms with Crippen molar-refractivity contribution in [3.63, 3.8) is 0 Å². The Morgan fingerprint density at radius 2 is 0.938 bits per heavy atom. The third-order valence-electron chi connectivity index (χ3n) is 7.45. The average molecular weight is 427 g/mol. The minimum absolute atomic E-state index is 0.0297. The molecule has 0 aromatic heterocycles. The van der Waals surface area contributed by atoms with Crippen LogP contribution >= 0.6 is 0 Å². The predicted molar refractivity (Wildman–Crippen MR) is 132 cm³/mol. The van der Waals surface area contributed by atoms with Gasteiger partial charge in [0, 0.05) is 23.0 Å². The zero-order chi connectivity index (χ0) is 23.5. The number of allylic oxidation sites excluding steroid dienone is 16. The molecule has 0 bridgehead atoms. The van der Waals surface area contributed by atoms with Crippen LogP contribution in [0.1, 0.15) is 55.4 Å². The van der Waals surface area contributed by atoms with Crippen molar-refractivity contribution in [2.24, 2.45) is 23.7 Å². The first-order valence-electron chi connectivity index (χ1n) is 11.8. The number of rotatable bonds is 3. The van der Waals surface area contributed by atoms with Crippen molar-refractivity contribution in [1.82, 2.24) is 0 Å². The molecule has 2 nitrogen and oxygen atoms in total. The molecule has 32 heavy (non-hydrogen) atoms. The Balaban J connectivity index is 1.97. The van der Waals surface area contributed by atoms with Gasteiger partial charge in [0.15, 0.2) is 11.6 Å². The summed E-state index contributed by atoms with van der Waals surface area (Å²) in [4.78, 5) is 26.0. The third kappa shape index (κ3) is 3.50. The maximum absolute atomic E-state index is 13.0. The van der Waals surface area contributed by atoms with Crippen molar-refractivity contribution in [2.75, 3.05) is 0 Å². The minimum Gasteiger partial charge on any atom is -0.289 e. The Labute approximate surface area is 192 Å². The lowest BCUT2D eigenvalue weighted by Gasteiger charge is -2.27. The Morgan fingerprint density at radius 3 is 1.25 bits per heavy atom. The lowest BCUT2D eigenvalue weighted by Crippen LogP contribution is -2.19. The summed E-state index contributed by atoms with van der Waals surface area (Å²) in [6.07, 6.45) is 12.7. The Morgan fingerprint density at radius 1 is 0.594 bits per heavy atom. The van der Waals surface area contributed by atoms with Crippen molar-refractivity contribution in [3.8, 4) is 0 Å². The standard InChI is InChI=1S/C30H34O2/c1-15(2)21-11-23-17(5)9-27(31)29(23)19(7)25(13-21)26-14-22(16(3)4)12-24-18(6)10-28(32)30(24)20(26)8/h9-16,25-26H,1-8H3/t25-,26-/m0/s1. The van der Waals surface area contributed by atoms with Gasteiger partial charge in [-0.3, -0.25) is 9.59 Å². The quantitative estimate of drug-likeness (QED) is 0.489. The molecule has 2 atom stereocenters. The number of carbonyl (C=O) groups is 2. The Bertz CT molecular complexity index is 1090. The minimum atomic E-state index is 0.0297. The van der Waals surface area contributed by atoms with E-state index in [1.54, 1.807) is 12.2 Å². The second-order valence-electron chi connectivity index (χ2n) is 10.3. The van der Waals surface area contributed by atoms with Gasteiger partial charge in [-0.2, -0.15) is 0 Å². The number of carbonyl (C=O) groups excluding carboxylic acids is 2. The van der Waals surface area contributed by atoms with Gasteiger partial charge in [-0.05, 0) is 85.1 Å². The van der Waals surface area contributed by atoms with E-state index in [0.717, 1.165) is 44.6 Å². The van der Waals surface area contributed by atoms with E-state index in [1.807, 2.05) is 13.8 Å². The van der Waals surface area contributed by atoms with Crippen LogP contribution < -0.4 is 0 Å². The van der Waals surface area contributed by atoms with Crippen LogP contribution in [0.2, 0.25) is 0 Å². The highest BCUT2D eigenvalue weighted by Gasteiger charge is 2.36. The molecule has 0 aromatic carbocycles. The fourth-order valence-electron chi connectivity index (χ4n) is 5.43. The van der Waals surface area contributed by atoms with Crippen LogP contribution in [-0.4, -0.2) is 11.6 Å². The topological polar surface area (TPSA) is 34.1 Å². The normalized spacial score (nSPS) is 25.8. The molecule has 0 N–H and O–H groups in total. The van der Waals surface area contributed by atoms with Crippen LogP contribution in [0.25, 0.3) is 0 Å². The summed E-state index contributed by atoms with van der Waals surface area (Å²) in [6, 6.07) is 0. The molecule has 166 valence electrons. The van der Waals surface area contributed by atoms with E-state index < -0.39 is 0 Å². The fourth-order valence-corrected chi connectivity index (χ4v) is 5.43. The summed E-state index contributed by atoms with van der Waals surface area (Å²) in [7, 11) is 0. The summed E-state index contributed by atoms with van der Waals surface area (Å²) in [5.74, 6) is 0.964. The first-order chi connectivity index (χ1) is 15.0. The largest absolute Gasteiger partial charge is 0.289 e. The third-order valence-corrected chi connectivity index (χ3v) is 7.45. The maximum atomic E-state index is 13.0. The lowest BCUT2D eigenvalue weighted by atomic mass is 9.76. The van der Waals surface area contributed by atoms with Gasteiger partial charge in [-0.1, -0.05) is 63.1 Å². The van der Waals surface area contributed by atoms with E-state index in [4.69, 9.17) is 0 Å². The summed E-state index contributed by atoms with van der Waals surface area (Å²) < 4.78 is 0. The lowest BCUT2D eigenvalue weighted by molar-refractivity contribution is -0.111. The van der Waals surface area contributed by atoms with Gasteiger partial charge in [0.2, 0.25) is 0 Å². The van der Waals surface area contributed by atoms with Gasteiger partial charge >= 0.3 is 0 Å². The smallest absolute Gasteiger partial charge is 0.186 e. The molecule has 0 unspecified atom stereocenters. The van der Waals surface area contributed by atoms with E-state index in [-0.39, 0.29) is 23.4 Å².